The van der Waals surface area contributed by atoms with Crippen LogP contribution >= 0.6 is 0 Å². The maximum atomic E-state index is 12.5. The molecule has 3 aromatic carbocycles. The summed E-state index contributed by atoms with van der Waals surface area (Å²) >= 11 is 0. The van der Waals surface area contributed by atoms with Crippen molar-refractivity contribution in [2.45, 2.75) is 12.0 Å². The molecule has 1 unspecified atom stereocenters. The molecule has 3 aromatic rings. The Hall–Kier alpha value is -4.17. The van der Waals surface area contributed by atoms with E-state index in [2.05, 4.69) is 10.6 Å². The van der Waals surface area contributed by atoms with Crippen LogP contribution in [0, 0.1) is 0 Å². The number of hydrogen-bond acceptors (Lipinski definition) is 5. The van der Waals surface area contributed by atoms with E-state index in [9.17, 15) is 19.5 Å². The molecule has 0 aliphatic heterocycles. The zero-order valence-corrected chi connectivity index (χ0v) is 17.5. The second kappa shape index (κ2) is 9.54. The van der Waals surface area contributed by atoms with E-state index < -0.39 is 30.6 Å². The molecule has 168 valence electrons. The standard InChI is InChI=1S/C25H22N2O6/c28-22(24(30)31)13-26-23(29)19-11-5-6-12-21(19)27-25(32)33-14-20-17-9-3-1-7-15(17)16-8-2-4-10-18(16)20/h1-12,20,22,28H,13-14H2,(H,26,29)(H,27,32)(H,30,31). The second-order valence-corrected chi connectivity index (χ2v) is 7.56. The fourth-order valence-electron chi connectivity index (χ4n) is 3.91. The van der Waals surface area contributed by atoms with Crippen molar-refractivity contribution < 1.29 is 29.3 Å². The lowest BCUT2D eigenvalue weighted by Crippen LogP contribution is -2.36. The lowest BCUT2D eigenvalue weighted by Gasteiger charge is -2.16. The van der Waals surface area contributed by atoms with E-state index in [1.807, 2.05) is 48.5 Å². The number of carboxylic acid groups (broad SMARTS) is 1. The summed E-state index contributed by atoms with van der Waals surface area (Å²) in [6, 6.07) is 22.2. The number of hydrogen-bond donors (Lipinski definition) is 4. The van der Waals surface area contributed by atoms with Crippen molar-refractivity contribution in [3.63, 3.8) is 0 Å². The SMILES string of the molecule is O=C(Nc1ccccc1C(=O)NCC(O)C(=O)O)OCC1c2ccccc2-c2ccccc21. The zero-order valence-electron chi connectivity index (χ0n) is 17.5. The molecule has 0 saturated heterocycles. The van der Waals surface area contributed by atoms with Crippen molar-refractivity contribution in [2.24, 2.45) is 0 Å². The molecular weight excluding hydrogens is 424 g/mol. The molecule has 8 heteroatoms. The molecule has 0 fully saturated rings. The molecule has 0 radical (unpaired) electrons. The van der Waals surface area contributed by atoms with Gasteiger partial charge in [-0.25, -0.2) is 9.59 Å². The van der Waals surface area contributed by atoms with Crippen molar-refractivity contribution in [1.82, 2.24) is 5.32 Å². The molecule has 8 nitrogen and oxygen atoms in total. The molecule has 0 heterocycles. The van der Waals surface area contributed by atoms with Crippen LogP contribution in [-0.2, 0) is 9.53 Å². The highest BCUT2D eigenvalue weighted by Crippen LogP contribution is 2.44. The Kier molecular flexibility index (Phi) is 6.37. The molecule has 2 amide bonds. The number of aliphatic hydroxyl groups excluding tert-OH is 1. The van der Waals surface area contributed by atoms with E-state index in [1.165, 1.54) is 12.1 Å². The number of carboxylic acids is 1. The van der Waals surface area contributed by atoms with E-state index in [0.29, 0.717) is 0 Å². The van der Waals surface area contributed by atoms with Crippen LogP contribution in [0.4, 0.5) is 10.5 Å². The molecule has 33 heavy (non-hydrogen) atoms. The van der Waals surface area contributed by atoms with Gasteiger partial charge in [0.1, 0.15) is 6.61 Å². The highest BCUT2D eigenvalue weighted by molar-refractivity contribution is 6.02. The van der Waals surface area contributed by atoms with Gasteiger partial charge in [0.15, 0.2) is 6.10 Å². The van der Waals surface area contributed by atoms with E-state index in [4.69, 9.17) is 9.84 Å². The molecule has 1 aliphatic carbocycles. The molecule has 0 spiro atoms. The van der Waals surface area contributed by atoms with Crippen LogP contribution in [-0.4, -0.2) is 47.4 Å². The second-order valence-electron chi connectivity index (χ2n) is 7.56. The van der Waals surface area contributed by atoms with Gasteiger partial charge in [-0.2, -0.15) is 0 Å². The number of aliphatic carboxylic acids is 1. The number of para-hydroxylation sites is 1. The highest BCUT2D eigenvalue weighted by Gasteiger charge is 2.29. The Labute approximate surface area is 189 Å². The first kappa shape index (κ1) is 22.0. The maximum Gasteiger partial charge on any atom is 0.411 e. The summed E-state index contributed by atoms with van der Waals surface area (Å²) < 4.78 is 5.51. The first-order chi connectivity index (χ1) is 16.0. The van der Waals surface area contributed by atoms with Crippen LogP contribution in [0.3, 0.4) is 0 Å². The summed E-state index contributed by atoms with van der Waals surface area (Å²) in [6.07, 6.45) is -2.45. The van der Waals surface area contributed by atoms with Gasteiger partial charge in [-0.1, -0.05) is 60.7 Å². The third-order valence-electron chi connectivity index (χ3n) is 5.49. The van der Waals surface area contributed by atoms with Crippen molar-refractivity contribution in [1.29, 1.82) is 0 Å². The predicted molar refractivity (Wildman–Crippen MR) is 121 cm³/mol. The monoisotopic (exact) mass is 446 g/mol. The van der Waals surface area contributed by atoms with Crippen LogP contribution in [0.5, 0.6) is 0 Å². The van der Waals surface area contributed by atoms with Crippen LogP contribution in [0.1, 0.15) is 27.4 Å². The lowest BCUT2D eigenvalue weighted by atomic mass is 9.98. The number of rotatable bonds is 7. The molecule has 1 aliphatic rings. The molecular formula is C25H22N2O6. The summed E-state index contributed by atoms with van der Waals surface area (Å²) in [7, 11) is 0. The maximum absolute atomic E-state index is 12.5. The molecule has 4 N–H and O–H groups in total. The lowest BCUT2D eigenvalue weighted by molar-refractivity contribution is -0.146. The number of ether oxygens (including phenoxy) is 1. The van der Waals surface area contributed by atoms with Gasteiger partial charge in [0.05, 0.1) is 17.8 Å². The van der Waals surface area contributed by atoms with Crippen LogP contribution < -0.4 is 10.6 Å². The van der Waals surface area contributed by atoms with Gasteiger partial charge in [-0.3, -0.25) is 10.1 Å². The van der Waals surface area contributed by atoms with Crippen molar-refractivity contribution >= 4 is 23.7 Å². The first-order valence-corrected chi connectivity index (χ1v) is 10.4. The first-order valence-electron chi connectivity index (χ1n) is 10.4. The Morgan fingerprint density at radius 3 is 2.09 bits per heavy atom. The average Bonchev–Trinajstić information content (AvgIpc) is 3.15. The zero-order chi connectivity index (χ0) is 23.4. The van der Waals surface area contributed by atoms with Gasteiger partial charge >= 0.3 is 12.1 Å². The number of carbonyl (C=O) groups excluding carboxylic acids is 2. The number of aliphatic hydroxyl groups is 1. The van der Waals surface area contributed by atoms with Crippen molar-refractivity contribution in [2.75, 3.05) is 18.5 Å². The number of nitrogens with one attached hydrogen (secondary N) is 2. The Morgan fingerprint density at radius 1 is 0.879 bits per heavy atom. The number of amides is 2. The summed E-state index contributed by atoms with van der Waals surface area (Å²) in [5.74, 6) is -2.18. The average molecular weight is 446 g/mol. The molecule has 0 aromatic heterocycles. The van der Waals surface area contributed by atoms with E-state index >= 15 is 0 Å². The minimum absolute atomic E-state index is 0.0980. The number of fused-ring (bicyclic) bond motifs is 3. The Bertz CT molecular complexity index is 1160. The van der Waals surface area contributed by atoms with E-state index in [1.54, 1.807) is 12.1 Å². The third-order valence-corrected chi connectivity index (χ3v) is 5.49. The van der Waals surface area contributed by atoms with Gasteiger partial charge in [0, 0.05) is 5.92 Å². The number of carbonyl (C=O) groups is 3. The number of anilines is 1. The highest BCUT2D eigenvalue weighted by atomic mass is 16.5. The van der Waals surface area contributed by atoms with Gasteiger partial charge < -0.3 is 20.3 Å². The minimum Gasteiger partial charge on any atom is -0.479 e. The minimum atomic E-state index is -1.73. The number of benzene rings is 3. The summed E-state index contributed by atoms with van der Waals surface area (Å²) in [5.41, 5.74) is 4.73. The van der Waals surface area contributed by atoms with E-state index in [-0.39, 0.29) is 23.8 Å². The van der Waals surface area contributed by atoms with Crippen molar-refractivity contribution in [3.8, 4) is 11.1 Å². The van der Waals surface area contributed by atoms with Gasteiger partial charge in [0.2, 0.25) is 0 Å². The van der Waals surface area contributed by atoms with Gasteiger partial charge in [0.25, 0.3) is 5.91 Å². The van der Waals surface area contributed by atoms with Crippen molar-refractivity contribution in [3.05, 3.63) is 89.5 Å². The van der Waals surface area contributed by atoms with Gasteiger partial charge in [-0.15, -0.1) is 0 Å². The third kappa shape index (κ3) is 4.70. The smallest absolute Gasteiger partial charge is 0.411 e. The fourth-order valence-corrected chi connectivity index (χ4v) is 3.91. The topological polar surface area (TPSA) is 125 Å². The summed E-state index contributed by atoms with van der Waals surface area (Å²) in [4.78, 5) is 35.7. The largest absolute Gasteiger partial charge is 0.479 e. The van der Waals surface area contributed by atoms with Crippen LogP contribution in [0.25, 0.3) is 11.1 Å². The Balaban J connectivity index is 1.42. The molecule has 0 bridgehead atoms. The van der Waals surface area contributed by atoms with Crippen LogP contribution in [0.15, 0.2) is 72.8 Å². The quantitative estimate of drug-likeness (QED) is 0.442. The molecule has 1 atom stereocenters. The fraction of sp³-hybridized carbons (Fsp3) is 0.160. The van der Waals surface area contributed by atoms with Crippen LogP contribution in [0.2, 0.25) is 0 Å². The summed E-state index contributed by atoms with van der Waals surface area (Å²) in [5, 5.41) is 23.0. The van der Waals surface area contributed by atoms with E-state index in [0.717, 1.165) is 22.3 Å². The Morgan fingerprint density at radius 2 is 1.45 bits per heavy atom. The summed E-state index contributed by atoms with van der Waals surface area (Å²) in [6.45, 7) is -0.341. The van der Waals surface area contributed by atoms with Gasteiger partial charge in [-0.05, 0) is 34.4 Å². The molecule has 4 rings (SSSR count). The normalized spacial score (nSPS) is 12.9. The molecule has 0 saturated carbocycles. The predicted octanol–water partition coefficient (Wildman–Crippen LogP) is 3.22.